The summed E-state index contributed by atoms with van der Waals surface area (Å²) in [5, 5.41) is 19.7. The highest BCUT2D eigenvalue weighted by molar-refractivity contribution is 5.82. The Hall–Kier alpha value is -2.18. The van der Waals surface area contributed by atoms with Gasteiger partial charge in [-0.1, -0.05) is 24.3 Å². The Morgan fingerprint density at radius 3 is 2.70 bits per heavy atom. The van der Waals surface area contributed by atoms with E-state index in [-0.39, 0.29) is 18.0 Å². The Labute approximate surface area is 135 Å². The lowest BCUT2D eigenvalue weighted by atomic mass is 10.0. The fraction of sp³-hybridized carbons (Fsp3) is 0.412. The standard InChI is InChI=1S/C17H22N4O2/c1-11(20-17(23)15-9-14(22)10-18-15)12-3-5-13(6-4-12)16-7-8-19-21(16)2/h3-8,11,14-15,18,22H,9-10H2,1-2H3,(H,20,23)/t11-,14?,15?/m0/s1. The summed E-state index contributed by atoms with van der Waals surface area (Å²) in [5.74, 6) is -0.0650. The van der Waals surface area contributed by atoms with Crippen LogP contribution in [0, 0.1) is 0 Å². The molecule has 3 atom stereocenters. The molecule has 0 bridgehead atoms. The number of rotatable bonds is 4. The van der Waals surface area contributed by atoms with Gasteiger partial charge in [0.2, 0.25) is 5.91 Å². The summed E-state index contributed by atoms with van der Waals surface area (Å²) in [7, 11) is 1.91. The zero-order valence-electron chi connectivity index (χ0n) is 13.4. The normalized spacial score (nSPS) is 22.0. The molecule has 0 aliphatic carbocycles. The third-order valence-corrected chi connectivity index (χ3v) is 4.31. The molecule has 1 saturated heterocycles. The van der Waals surface area contributed by atoms with E-state index in [0.29, 0.717) is 13.0 Å². The molecular formula is C17H22N4O2. The van der Waals surface area contributed by atoms with Gasteiger partial charge in [0.1, 0.15) is 0 Å². The largest absolute Gasteiger partial charge is 0.392 e. The van der Waals surface area contributed by atoms with Crippen molar-refractivity contribution in [1.29, 1.82) is 0 Å². The predicted octanol–water partition coefficient (Wildman–Crippen LogP) is 0.987. The fourth-order valence-electron chi connectivity index (χ4n) is 2.91. The second kappa shape index (κ2) is 6.52. The minimum Gasteiger partial charge on any atom is -0.392 e. The van der Waals surface area contributed by atoms with Crippen LogP contribution in [-0.2, 0) is 11.8 Å². The van der Waals surface area contributed by atoms with Gasteiger partial charge in [-0.05, 0) is 30.5 Å². The van der Waals surface area contributed by atoms with Crippen LogP contribution >= 0.6 is 0 Å². The lowest BCUT2D eigenvalue weighted by molar-refractivity contribution is -0.123. The molecule has 6 heteroatoms. The van der Waals surface area contributed by atoms with Crippen LogP contribution < -0.4 is 10.6 Å². The van der Waals surface area contributed by atoms with Crippen LogP contribution in [0.2, 0.25) is 0 Å². The van der Waals surface area contributed by atoms with Crippen molar-refractivity contribution in [2.75, 3.05) is 6.54 Å². The number of hydrogen-bond donors (Lipinski definition) is 3. The first-order chi connectivity index (χ1) is 11.0. The Morgan fingerprint density at radius 1 is 1.39 bits per heavy atom. The molecule has 3 rings (SSSR count). The number of aromatic nitrogens is 2. The van der Waals surface area contributed by atoms with Crippen molar-refractivity contribution >= 4 is 5.91 Å². The summed E-state index contributed by atoms with van der Waals surface area (Å²) in [6.07, 6.45) is 1.81. The average Bonchev–Trinajstić information content (AvgIpc) is 3.16. The number of carbonyl (C=O) groups is 1. The number of nitrogens with zero attached hydrogens (tertiary/aromatic N) is 2. The number of carbonyl (C=O) groups excluding carboxylic acids is 1. The lowest BCUT2D eigenvalue weighted by Gasteiger charge is -2.18. The molecular weight excluding hydrogens is 292 g/mol. The number of benzene rings is 1. The predicted molar refractivity (Wildman–Crippen MR) is 87.6 cm³/mol. The van der Waals surface area contributed by atoms with Crippen molar-refractivity contribution in [3.05, 3.63) is 42.1 Å². The molecule has 1 fully saturated rings. The molecule has 122 valence electrons. The van der Waals surface area contributed by atoms with Crippen LogP contribution in [0.3, 0.4) is 0 Å². The summed E-state index contributed by atoms with van der Waals surface area (Å²) >= 11 is 0. The van der Waals surface area contributed by atoms with E-state index >= 15 is 0 Å². The molecule has 1 aliphatic heterocycles. The molecule has 0 radical (unpaired) electrons. The van der Waals surface area contributed by atoms with Crippen LogP contribution in [0.1, 0.15) is 24.9 Å². The Kier molecular flexibility index (Phi) is 4.45. The molecule has 23 heavy (non-hydrogen) atoms. The van der Waals surface area contributed by atoms with Gasteiger partial charge in [-0.15, -0.1) is 0 Å². The second-order valence-corrected chi connectivity index (χ2v) is 6.04. The van der Waals surface area contributed by atoms with E-state index in [2.05, 4.69) is 15.7 Å². The first kappa shape index (κ1) is 15.7. The van der Waals surface area contributed by atoms with Crippen LogP contribution in [0.15, 0.2) is 36.5 Å². The zero-order valence-corrected chi connectivity index (χ0v) is 13.4. The maximum Gasteiger partial charge on any atom is 0.237 e. The molecule has 6 nitrogen and oxygen atoms in total. The third-order valence-electron chi connectivity index (χ3n) is 4.31. The minimum atomic E-state index is -0.431. The van der Waals surface area contributed by atoms with Crippen LogP contribution in [0.5, 0.6) is 0 Å². The SMILES string of the molecule is C[C@H](NC(=O)C1CC(O)CN1)c1ccc(-c2ccnn2C)cc1. The van der Waals surface area contributed by atoms with Gasteiger partial charge in [-0.3, -0.25) is 9.48 Å². The molecule has 1 amide bonds. The summed E-state index contributed by atoms with van der Waals surface area (Å²) in [6.45, 7) is 2.44. The Bertz CT molecular complexity index is 680. The van der Waals surface area contributed by atoms with E-state index in [1.807, 2.05) is 49.0 Å². The first-order valence-corrected chi connectivity index (χ1v) is 7.85. The second-order valence-electron chi connectivity index (χ2n) is 6.04. The van der Waals surface area contributed by atoms with Gasteiger partial charge in [-0.25, -0.2) is 0 Å². The van der Waals surface area contributed by atoms with E-state index in [4.69, 9.17) is 0 Å². The Morgan fingerprint density at radius 2 is 2.13 bits per heavy atom. The summed E-state index contributed by atoms with van der Waals surface area (Å²) in [4.78, 5) is 12.2. The van der Waals surface area contributed by atoms with Crippen molar-refractivity contribution in [2.24, 2.45) is 7.05 Å². The molecule has 2 heterocycles. The van der Waals surface area contributed by atoms with Crippen LogP contribution in [-0.4, -0.2) is 39.5 Å². The molecule has 0 saturated carbocycles. The van der Waals surface area contributed by atoms with Crippen LogP contribution in [0.4, 0.5) is 0 Å². The molecule has 1 aromatic heterocycles. The van der Waals surface area contributed by atoms with Crippen molar-refractivity contribution in [3.8, 4) is 11.3 Å². The molecule has 1 aromatic carbocycles. The summed E-state index contributed by atoms with van der Waals surface area (Å²) in [5.41, 5.74) is 3.19. The van der Waals surface area contributed by atoms with Crippen molar-refractivity contribution in [3.63, 3.8) is 0 Å². The number of aliphatic hydroxyl groups excluding tert-OH is 1. The smallest absolute Gasteiger partial charge is 0.237 e. The zero-order chi connectivity index (χ0) is 16.4. The van der Waals surface area contributed by atoms with Crippen molar-refractivity contribution in [2.45, 2.75) is 31.5 Å². The minimum absolute atomic E-state index is 0.0650. The number of aliphatic hydroxyl groups is 1. The quantitative estimate of drug-likeness (QED) is 0.786. The number of amides is 1. The topological polar surface area (TPSA) is 79.2 Å². The van der Waals surface area contributed by atoms with E-state index < -0.39 is 6.10 Å². The molecule has 2 unspecified atom stereocenters. The first-order valence-electron chi connectivity index (χ1n) is 7.85. The third kappa shape index (κ3) is 3.43. The van der Waals surface area contributed by atoms with Gasteiger partial charge >= 0.3 is 0 Å². The van der Waals surface area contributed by atoms with Gasteiger partial charge in [0, 0.05) is 19.8 Å². The fourth-order valence-corrected chi connectivity index (χ4v) is 2.91. The van der Waals surface area contributed by atoms with Gasteiger partial charge in [0.15, 0.2) is 0 Å². The van der Waals surface area contributed by atoms with E-state index in [1.165, 1.54) is 0 Å². The van der Waals surface area contributed by atoms with Gasteiger partial charge in [0.05, 0.1) is 23.9 Å². The number of aryl methyl sites for hydroxylation is 1. The molecule has 2 aromatic rings. The van der Waals surface area contributed by atoms with E-state index in [0.717, 1.165) is 16.8 Å². The van der Waals surface area contributed by atoms with Gasteiger partial charge in [0.25, 0.3) is 0 Å². The van der Waals surface area contributed by atoms with E-state index in [1.54, 1.807) is 6.20 Å². The Balaban J connectivity index is 1.65. The molecule has 0 spiro atoms. The maximum atomic E-state index is 12.2. The van der Waals surface area contributed by atoms with Crippen molar-refractivity contribution in [1.82, 2.24) is 20.4 Å². The van der Waals surface area contributed by atoms with Crippen molar-refractivity contribution < 1.29 is 9.90 Å². The highest BCUT2D eigenvalue weighted by atomic mass is 16.3. The summed E-state index contributed by atoms with van der Waals surface area (Å²) in [6, 6.07) is 9.69. The van der Waals surface area contributed by atoms with Gasteiger partial charge < -0.3 is 15.7 Å². The van der Waals surface area contributed by atoms with Crippen LogP contribution in [0.25, 0.3) is 11.3 Å². The van der Waals surface area contributed by atoms with Gasteiger partial charge in [-0.2, -0.15) is 5.10 Å². The number of nitrogens with one attached hydrogen (secondary N) is 2. The highest BCUT2D eigenvalue weighted by Crippen LogP contribution is 2.21. The maximum absolute atomic E-state index is 12.2. The lowest BCUT2D eigenvalue weighted by Crippen LogP contribution is -2.41. The summed E-state index contributed by atoms with van der Waals surface area (Å²) < 4.78 is 1.83. The highest BCUT2D eigenvalue weighted by Gasteiger charge is 2.28. The monoisotopic (exact) mass is 314 g/mol. The molecule has 3 N–H and O–H groups in total. The number of hydrogen-bond acceptors (Lipinski definition) is 4. The van der Waals surface area contributed by atoms with E-state index in [9.17, 15) is 9.90 Å². The average molecular weight is 314 g/mol. The molecule has 1 aliphatic rings. The number of β-amino-alcohol motifs (C(OH)–C–C–N with tert-alkyl or cyclic N) is 1.